The Balaban J connectivity index is 3.02. The lowest BCUT2D eigenvalue weighted by Crippen LogP contribution is -2.45. The van der Waals surface area contributed by atoms with Crippen LogP contribution in [0.4, 0.5) is 5.82 Å². The van der Waals surface area contributed by atoms with Crippen molar-refractivity contribution in [2.75, 3.05) is 5.32 Å². The third kappa shape index (κ3) is 2.82. The summed E-state index contributed by atoms with van der Waals surface area (Å²) in [7, 11) is 0. The summed E-state index contributed by atoms with van der Waals surface area (Å²) in [6.45, 7) is 5.13. The van der Waals surface area contributed by atoms with Gasteiger partial charge in [0.05, 0.1) is 0 Å². The van der Waals surface area contributed by atoms with E-state index in [1.54, 1.807) is 13.8 Å². The average molecular weight is 224 g/mol. The van der Waals surface area contributed by atoms with Gasteiger partial charge in [0.25, 0.3) is 5.56 Å². The summed E-state index contributed by atoms with van der Waals surface area (Å²) < 4.78 is 0. The quantitative estimate of drug-likeness (QED) is 0.670. The molecular weight excluding hydrogens is 208 g/mol. The Labute approximate surface area is 93.3 Å². The molecule has 1 aromatic heterocycles. The molecule has 6 nitrogen and oxygen atoms in total. The molecular formula is C10H16N4O2. The van der Waals surface area contributed by atoms with E-state index < -0.39 is 11.4 Å². The van der Waals surface area contributed by atoms with E-state index in [0.717, 1.165) is 0 Å². The van der Waals surface area contributed by atoms with Crippen molar-refractivity contribution in [2.24, 2.45) is 5.73 Å². The van der Waals surface area contributed by atoms with Crippen molar-refractivity contribution in [2.45, 2.75) is 32.7 Å². The molecule has 0 radical (unpaired) electrons. The van der Waals surface area contributed by atoms with Gasteiger partial charge in [-0.05, 0) is 13.8 Å². The fourth-order valence-corrected chi connectivity index (χ4v) is 1.12. The van der Waals surface area contributed by atoms with Crippen LogP contribution in [0.5, 0.6) is 0 Å². The van der Waals surface area contributed by atoms with Crippen molar-refractivity contribution in [1.29, 1.82) is 0 Å². The number of nitrogens with zero attached hydrogens (tertiary/aromatic N) is 1. The summed E-state index contributed by atoms with van der Waals surface area (Å²) in [5.41, 5.74) is 4.02. The first kappa shape index (κ1) is 12.2. The highest BCUT2D eigenvalue weighted by atomic mass is 16.1. The van der Waals surface area contributed by atoms with Gasteiger partial charge in [-0.2, -0.15) is 0 Å². The van der Waals surface area contributed by atoms with Crippen molar-refractivity contribution in [3.8, 4) is 0 Å². The smallest absolute Gasteiger partial charge is 0.252 e. The van der Waals surface area contributed by atoms with Crippen LogP contribution in [0, 0.1) is 0 Å². The van der Waals surface area contributed by atoms with Crippen LogP contribution in [0.1, 0.15) is 26.6 Å². The van der Waals surface area contributed by atoms with E-state index in [4.69, 9.17) is 5.73 Å². The summed E-state index contributed by atoms with van der Waals surface area (Å²) in [4.78, 5) is 29.1. The van der Waals surface area contributed by atoms with Crippen LogP contribution in [0.25, 0.3) is 0 Å². The molecule has 0 aliphatic carbocycles. The second-order valence-electron chi connectivity index (χ2n) is 4.05. The lowest BCUT2D eigenvalue weighted by molar-refractivity contribution is -0.121. The Kier molecular flexibility index (Phi) is 3.31. The zero-order valence-corrected chi connectivity index (χ0v) is 9.63. The van der Waals surface area contributed by atoms with Crippen molar-refractivity contribution in [3.05, 3.63) is 22.2 Å². The van der Waals surface area contributed by atoms with Crippen molar-refractivity contribution < 1.29 is 4.79 Å². The second-order valence-corrected chi connectivity index (χ2v) is 4.05. The maximum atomic E-state index is 11.3. The Bertz CT molecular complexity index is 450. The molecule has 0 unspecified atom stereocenters. The SMILES string of the molecule is CCc1nc(NC(C)(C)C(N)=O)cc(=O)[nH]1. The molecule has 0 saturated carbocycles. The zero-order chi connectivity index (χ0) is 12.3. The standard InChI is InChI=1S/C10H16N4O2/c1-4-6-12-7(5-8(15)13-6)14-10(2,3)9(11)16/h5H,4H2,1-3H3,(H2,11,16)(H2,12,13,14,15). The highest BCUT2D eigenvalue weighted by Gasteiger charge is 2.25. The molecule has 4 N–H and O–H groups in total. The minimum atomic E-state index is -0.939. The number of aromatic nitrogens is 2. The second kappa shape index (κ2) is 4.34. The predicted octanol–water partition coefficient (Wildman–Crippen LogP) is 0.00810. The fourth-order valence-electron chi connectivity index (χ4n) is 1.12. The number of H-pyrrole nitrogens is 1. The molecule has 1 aromatic rings. The third-order valence-corrected chi connectivity index (χ3v) is 2.18. The van der Waals surface area contributed by atoms with Gasteiger partial charge in [0.2, 0.25) is 5.91 Å². The van der Waals surface area contributed by atoms with Gasteiger partial charge in [0.15, 0.2) is 0 Å². The van der Waals surface area contributed by atoms with Crippen LogP contribution < -0.4 is 16.6 Å². The van der Waals surface area contributed by atoms with Crippen molar-refractivity contribution in [1.82, 2.24) is 9.97 Å². The largest absolute Gasteiger partial charge is 0.368 e. The van der Waals surface area contributed by atoms with Gasteiger partial charge >= 0.3 is 0 Å². The topological polar surface area (TPSA) is 101 Å². The Morgan fingerprint density at radius 1 is 1.62 bits per heavy atom. The van der Waals surface area contributed by atoms with E-state index in [1.165, 1.54) is 6.07 Å². The molecule has 88 valence electrons. The lowest BCUT2D eigenvalue weighted by atomic mass is 10.1. The van der Waals surface area contributed by atoms with Crippen LogP contribution in [0.3, 0.4) is 0 Å². The van der Waals surface area contributed by atoms with E-state index in [-0.39, 0.29) is 5.56 Å². The fraction of sp³-hybridized carbons (Fsp3) is 0.500. The van der Waals surface area contributed by atoms with E-state index in [0.29, 0.717) is 18.1 Å². The predicted molar refractivity (Wildman–Crippen MR) is 61.1 cm³/mol. The van der Waals surface area contributed by atoms with E-state index in [9.17, 15) is 9.59 Å². The molecule has 6 heteroatoms. The van der Waals surface area contributed by atoms with Gasteiger partial charge in [-0.15, -0.1) is 0 Å². The van der Waals surface area contributed by atoms with Gasteiger partial charge in [-0.1, -0.05) is 6.92 Å². The molecule has 0 aliphatic rings. The number of hydrogen-bond donors (Lipinski definition) is 3. The number of carbonyl (C=O) groups excluding carboxylic acids is 1. The van der Waals surface area contributed by atoms with Crippen LogP contribution in [-0.4, -0.2) is 21.4 Å². The Morgan fingerprint density at radius 2 is 2.25 bits per heavy atom. The van der Waals surface area contributed by atoms with Crippen molar-refractivity contribution in [3.63, 3.8) is 0 Å². The summed E-state index contributed by atoms with van der Waals surface area (Å²) in [6, 6.07) is 1.30. The maximum Gasteiger partial charge on any atom is 0.252 e. The Morgan fingerprint density at radius 3 is 2.75 bits per heavy atom. The maximum absolute atomic E-state index is 11.3. The van der Waals surface area contributed by atoms with Crippen LogP contribution in [0.15, 0.2) is 10.9 Å². The van der Waals surface area contributed by atoms with E-state index >= 15 is 0 Å². The number of anilines is 1. The van der Waals surface area contributed by atoms with Crippen LogP contribution in [-0.2, 0) is 11.2 Å². The minimum absolute atomic E-state index is 0.255. The number of primary amides is 1. The number of carbonyl (C=O) groups is 1. The summed E-state index contributed by atoms with van der Waals surface area (Å²) in [6.07, 6.45) is 0.613. The number of nitrogens with two attached hydrogens (primary N) is 1. The molecule has 16 heavy (non-hydrogen) atoms. The lowest BCUT2D eigenvalue weighted by Gasteiger charge is -2.22. The number of amides is 1. The molecule has 1 heterocycles. The Hall–Kier alpha value is -1.85. The van der Waals surface area contributed by atoms with Gasteiger partial charge in [-0.25, -0.2) is 4.98 Å². The third-order valence-electron chi connectivity index (χ3n) is 2.18. The number of aromatic amines is 1. The zero-order valence-electron chi connectivity index (χ0n) is 9.63. The molecule has 0 atom stereocenters. The summed E-state index contributed by atoms with van der Waals surface area (Å²) in [5.74, 6) is 0.410. The van der Waals surface area contributed by atoms with Gasteiger partial charge in [-0.3, -0.25) is 9.59 Å². The van der Waals surface area contributed by atoms with Crippen LogP contribution >= 0.6 is 0 Å². The molecule has 0 bridgehead atoms. The van der Waals surface area contributed by atoms with Crippen molar-refractivity contribution >= 4 is 11.7 Å². The number of aryl methyl sites for hydroxylation is 1. The monoisotopic (exact) mass is 224 g/mol. The minimum Gasteiger partial charge on any atom is -0.368 e. The highest BCUT2D eigenvalue weighted by molar-refractivity contribution is 5.86. The highest BCUT2D eigenvalue weighted by Crippen LogP contribution is 2.10. The molecule has 1 rings (SSSR count). The molecule has 0 saturated heterocycles. The first-order chi connectivity index (χ1) is 7.35. The number of rotatable bonds is 4. The molecule has 0 aliphatic heterocycles. The average Bonchev–Trinajstić information content (AvgIpc) is 2.15. The normalized spacial score (nSPS) is 11.2. The first-order valence-electron chi connectivity index (χ1n) is 5.03. The molecule has 0 spiro atoms. The van der Waals surface area contributed by atoms with Gasteiger partial charge < -0.3 is 16.0 Å². The molecule has 1 amide bonds. The summed E-state index contributed by atoms with van der Waals surface area (Å²) >= 11 is 0. The molecule has 0 fully saturated rings. The van der Waals surface area contributed by atoms with E-state index in [2.05, 4.69) is 15.3 Å². The summed E-state index contributed by atoms with van der Waals surface area (Å²) in [5, 5.41) is 2.83. The first-order valence-corrected chi connectivity index (χ1v) is 5.03. The number of nitrogens with one attached hydrogen (secondary N) is 2. The molecule has 0 aromatic carbocycles. The van der Waals surface area contributed by atoms with Gasteiger partial charge in [0, 0.05) is 12.5 Å². The van der Waals surface area contributed by atoms with Crippen LogP contribution in [0.2, 0.25) is 0 Å². The van der Waals surface area contributed by atoms with Gasteiger partial charge in [0.1, 0.15) is 17.2 Å². The number of hydrogen-bond acceptors (Lipinski definition) is 4. The van der Waals surface area contributed by atoms with E-state index in [1.807, 2.05) is 6.92 Å².